The van der Waals surface area contributed by atoms with Gasteiger partial charge in [0.15, 0.2) is 0 Å². The molecule has 0 heterocycles. The zero-order chi connectivity index (χ0) is 31.5. The van der Waals surface area contributed by atoms with Gasteiger partial charge >= 0.3 is 11.9 Å². The first-order chi connectivity index (χ1) is 21.1. The Morgan fingerprint density at radius 2 is 0.907 bits per heavy atom. The molecule has 0 bridgehead atoms. The van der Waals surface area contributed by atoms with E-state index >= 15 is 0 Å². The van der Waals surface area contributed by atoms with E-state index in [-0.39, 0.29) is 18.5 Å². The molecule has 1 unspecified atom stereocenters. The lowest BCUT2D eigenvalue weighted by Gasteiger charge is -2.18. The summed E-state index contributed by atoms with van der Waals surface area (Å²) in [7, 11) is 0. The maximum atomic E-state index is 12.5. The van der Waals surface area contributed by atoms with Crippen LogP contribution < -0.4 is 0 Å². The molecule has 0 aromatic rings. The van der Waals surface area contributed by atoms with Gasteiger partial charge in [-0.05, 0) is 83.5 Å². The Morgan fingerprint density at radius 1 is 0.512 bits per heavy atom. The topological polar surface area (TPSA) is 63.6 Å². The van der Waals surface area contributed by atoms with E-state index in [0.29, 0.717) is 6.42 Å². The van der Waals surface area contributed by atoms with Crippen molar-refractivity contribution in [3.05, 3.63) is 48.6 Å². The lowest BCUT2D eigenvalue weighted by atomic mass is 10.0. The molecule has 1 N–H and O–H groups in total. The lowest BCUT2D eigenvalue weighted by molar-refractivity contribution is -0.150. The number of aliphatic carboxylic acids is 1. The summed E-state index contributed by atoms with van der Waals surface area (Å²) in [5, 5.41) is 8.78. The van der Waals surface area contributed by atoms with Gasteiger partial charge in [-0.25, -0.2) is 0 Å². The number of esters is 1. The molecular formula is C39H68O4. The van der Waals surface area contributed by atoms with Crippen LogP contribution in [0.5, 0.6) is 0 Å². The normalized spacial score (nSPS) is 12.8. The van der Waals surface area contributed by atoms with Crippen molar-refractivity contribution in [2.75, 3.05) is 0 Å². The van der Waals surface area contributed by atoms with Crippen molar-refractivity contribution >= 4 is 11.9 Å². The van der Waals surface area contributed by atoms with Gasteiger partial charge in [-0.15, -0.1) is 0 Å². The van der Waals surface area contributed by atoms with Crippen LogP contribution in [0.4, 0.5) is 0 Å². The predicted octanol–water partition coefficient (Wildman–Crippen LogP) is 12.4. The molecule has 0 amide bonds. The van der Waals surface area contributed by atoms with E-state index in [2.05, 4.69) is 62.5 Å². The highest BCUT2D eigenvalue weighted by Crippen LogP contribution is 2.18. The average molecular weight is 601 g/mol. The third-order valence-electron chi connectivity index (χ3n) is 7.80. The van der Waals surface area contributed by atoms with E-state index in [9.17, 15) is 9.59 Å². The van der Waals surface area contributed by atoms with Gasteiger partial charge < -0.3 is 9.84 Å². The van der Waals surface area contributed by atoms with Crippen LogP contribution in [-0.2, 0) is 14.3 Å². The third kappa shape index (κ3) is 34.3. The van der Waals surface area contributed by atoms with Crippen molar-refractivity contribution in [1.82, 2.24) is 0 Å². The molecule has 248 valence electrons. The number of rotatable bonds is 32. The molecule has 0 aromatic carbocycles. The van der Waals surface area contributed by atoms with E-state index in [1.807, 2.05) is 0 Å². The highest BCUT2D eigenvalue weighted by Gasteiger charge is 2.14. The summed E-state index contributed by atoms with van der Waals surface area (Å²) >= 11 is 0. The Bertz CT molecular complexity index is 734. The van der Waals surface area contributed by atoms with Gasteiger partial charge in [-0.2, -0.15) is 0 Å². The van der Waals surface area contributed by atoms with Crippen LogP contribution in [0.15, 0.2) is 48.6 Å². The zero-order valence-corrected chi connectivity index (χ0v) is 28.3. The van der Waals surface area contributed by atoms with Crippen LogP contribution in [0.3, 0.4) is 0 Å². The van der Waals surface area contributed by atoms with Gasteiger partial charge in [0.1, 0.15) is 6.10 Å². The van der Waals surface area contributed by atoms with E-state index in [0.717, 1.165) is 83.5 Å². The largest absolute Gasteiger partial charge is 0.481 e. The van der Waals surface area contributed by atoms with Crippen molar-refractivity contribution in [3.8, 4) is 0 Å². The molecule has 0 aromatic heterocycles. The number of ether oxygens (including phenoxy) is 1. The molecule has 0 aliphatic rings. The number of hydrogen-bond donors (Lipinski definition) is 1. The molecule has 0 rings (SSSR count). The molecular weight excluding hydrogens is 532 g/mol. The van der Waals surface area contributed by atoms with Gasteiger partial charge in [0.05, 0.1) is 0 Å². The minimum Gasteiger partial charge on any atom is -0.481 e. The molecule has 1 atom stereocenters. The van der Waals surface area contributed by atoms with Crippen molar-refractivity contribution in [2.45, 2.75) is 187 Å². The minimum atomic E-state index is -0.717. The van der Waals surface area contributed by atoms with Gasteiger partial charge in [0.2, 0.25) is 0 Å². The molecule has 0 radical (unpaired) electrons. The van der Waals surface area contributed by atoms with Crippen molar-refractivity contribution in [3.63, 3.8) is 0 Å². The molecule has 0 saturated heterocycles. The number of carboxylic acids is 1. The number of carbonyl (C=O) groups excluding carboxylic acids is 1. The van der Waals surface area contributed by atoms with Crippen LogP contribution >= 0.6 is 0 Å². The summed E-state index contributed by atoms with van der Waals surface area (Å²) in [6, 6.07) is 0. The fourth-order valence-electron chi connectivity index (χ4n) is 5.11. The Balaban J connectivity index is 3.85. The molecule has 0 spiro atoms. The lowest BCUT2D eigenvalue weighted by Crippen LogP contribution is -2.18. The smallest absolute Gasteiger partial charge is 0.306 e. The number of allylic oxidation sites excluding steroid dienone is 8. The maximum absolute atomic E-state index is 12.5. The first kappa shape index (κ1) is 40.9. The fourth-order valence-corrected chi connectivity index (χ4v) is 5.11. The Kier molecular flexibility index (Phi) is 32.7. The fraction of sp³-hybridized carbons (Fsp3) is 0.744. The summed E-state index contributed by atoms with van der Waals surface area (Å²) < 4.78 is 5.89. The number of carbonyl (C=O) groups is 2. The molecule has 4 nitrogen and oxygen atoms in total. The van der Waals surface area contributed by atoms with Crippen molar-refractivity contribution in [1.29, 1.82) is 0 Å². The third-order valence-corrected chi connectivity index (χ3v) is 7.80. The van der Waals surface area contributed by atoms with E-state index < -0.39 is 5.97 Å². The molecule has 0 aliphatic heterocycles. The summed E-state index contributed by atoms with van der Waals surface area (Å²) in [4.78, 5) is 23.2. The summed E-state index contributed by atoms with van der Waals surface area (Å²) in [5.41, 5.74) is 0. The highest BCUT2D eigenvalue weighted by atomic mass is 16.5. The second-order valence-corrected chi connectivity index (χ2v) is 12.1. The molecule has 0 aliphatic carbocycles. The number of hydrogen-bond acceptors (Lipinski definition) is 3. The van der Waals surface area contributed by atoms with Crippen LogP contribution in [-0.4, -0.2) is 23.1 Å². The molecule has 43 heavy (non-hydrogen) atoms. The van der Waals surface area contributed by atoms with Crippen LogP contribution in [0.25, 0.3) is 0 Å². The summed E-state index contributed by atoms with van der Waals surface area (Å²) in [6.45, 7) is 4.47. The Morgan fingerprint density at radius 3 is 1.44 bits per heavy atom. The highest BCUT2D eigenvalue weighted by molar-refractivity contribution is 5.69. The van der Waals surface area contributed by atoms with Crippen LogP contribution in [0, 0.1) is 0 Å². The standard InChI is InChI=1S/C39H68O4/c1-3-5-7-9-10-11-12-13-14-15-16-17-18-19-20-21-22-23-24-26-32-36-39(42)43-37(33-29-25-8-6-4-2)34-30-27-28-31-35-38(40)41/h10-11,13-14,16-17,19-20,37H,3-9,12,15,18,21-36H2,1-2H3,(H,40,41)/b11-10-,14-13-,17-16-,20-19-. The van der Waals surface area contributed by atoms with E-state index in [1.165, 1.54) is 70.6 Å². The molecule has 4 heteroatoms. The van der Waals surface area contributed by atoms with Crippen molar-refractivity contribution in [2.24, 2.45) is 0 Å². The summed E-state index contributed by atoms with van der Waals surface area (Å²) in [6.07, 6.45) is 45.6. The van der Waals surface area contributed by atoms with Gasteiger partial charge in [-0.1, -0.05) is 133 Å². The minimum absolute atomic E-state index is 0.0269. The van der Waals surface area contributed by atoms with Gasteiger partial charge in [0, 0.05) is 12.8 Å². The monoisotopic (exact) mass is 601 g/mol. The average Bonchev–Trinajstić information content (AvgIpc) is 2.99. The number of carboxylic acid groups (broad SMARTS) is 1. The molecule has 0 saturated carbocycles. The second kappa shape index (κ2) is 34.4. The maximum Gasteiger partial charge on any atom is 0.306 e. The molecule has 0 fully saturated rings. The summed E-state index contributed by atoms with van der Waals surface area (Å²) in [5.74, 6) is -0.754. The quantitative estimate of drug-likeness (QED) is 0.0474. The Hall–Kier alpha value is -2.10. The van der Waals surface area contributed by atoms with Gasteiger partial charge in [-0.3, -0.25) is 9.59 Å². The van der Waals surface area contributed by atoms with E-state index in [4.69, 9.17) is 9.84 Å². The predicted molar refractivity (Wildman–Crippen MR) is 185 cm³/mol. The number of unbranched alkanes of at least 4 members (excludes halogenated alkanes) is 15. The first-order valence-corrected chi connectivity index (χ1v) is 18.1. The zero-order valence-electron chi connectivity index (χ0n) is 28.3. The Labute approximate surface area is 266 Å². The van der Waals surface area contributed by atoms with Crippen LogP contribution in [0.1, 0.15) is 181 Å². The first-order valence-electron chi connectivity index (χ1n) is 18.1. The second-order valence-electron chi connectivity index (χ2n) is 12.1. The van der Waals surface area contributed by atoms with Crippen molar-refractivity contribution < 1.29 is 19.4 Å². The SMILES string of the molecule is CCCCC/C=C\C/C=C\C/C=C\C/C=C\CCCCCCCC(=O)OC(CCCCCCC)CCCCCCC(=O)O. The van der Waals surface area contributed by atoms with Crippen LogP contribution in [0.2, 0.25) is 0 Å². The van der Waals surface area contributed by atoms with E-state index in [1.54, 1.807) is 0 Å². The van der Waals surface area contributed by atoms with Gasteiger partial charge in [0.25, 0.3) is 0 Å².